The zero-order valence-electron chi connectivity index (χ0n) is 14.1. The molecule has 1 aromatic rings. The van der Waals surface area contributed by atoms with E-state index in [2.05, 4.69) is 28.5 Å². The van der Waals surface area contributed by atoms with Crippen LogP contribution in [0.4, 0.5) is 5.69 Å². The lowest BCUT2D eigenvalue weighted by Gasteiger charge is -2.19. The number of carboxylic acid groups (broad SMARTS) is 2. The number of fused-ring (bicyclic) bond motifs is 1. The molecule has 0 saturated heterocycles. The van der Waals surface area contributed by atoms with Gasteiger partial charge in [-0.3, -0.25) is 0 Å². The first-order valence-corrected chi connectivity index (χ1v) is 8.27. The molecule has 0 radical (unpaired) electrons. The monoisotopic (exact) mass is 366 g/mol. The number of carbonyl (C=O) groups is 2. The van der Waals surface area contributed by atoms with Gasteiger partial charge in [0.1, 0.15) is 6.61 Å². The molecule has 9 heteroatoms. The van der Waals surface area contributed by atoms with E-state index in [0.29, 0.717) is 12.6 Å². The van der Waals surface area contributed by atoms with Crippen molar-refractivity contribution in [2.45, 2.75) is 37.9 Å². The number of hydrogen-bond donors (Lipinski definition) is 5. The second-order valence-electron chi connectivity index (χ2n) is 5.88. The van der Waals surface area contributed by atoms with Crippen molar-refractivity contribution in [2.24, 2.45) is 4.99 Å². The van der Waals surface area contributed by atoms with Gasteiger partial charge in [0.25, 0.3) is 6.02 Å². The molecule has 26 heavy (non-hydrogen) atoms. The van der Waals surface area contributed by atoms with Crippen LogP contribution in [0.3, 0.4) is 0 Å². The highest BCUT2D eigenvalue weighted by molar-refractivity contribution is 5.90. The van der Waals surface area contributed by atoms with Crippen LogP contribution in [0.25, 0.3) is 0 Å². The van der Waals surface area contributed by atoms with Crippen LogP contribution < -0.4 is 5.32 Å². The van der Waals surface area contributed by atoms with Gasteiger partial charge >= 0.3 is 11.9 Å². The lowest BCUT2D eigenvalue weighted by molar-refractivity contribution is -0.165. The van der Waals surface area contributed by atoms with Gasteiger partial charge in [-0.2, -0.15) is 0 Å². The first-order valence-electron chi connectivity index (χ1n) is 8.27. The molecule has 0 spiro atoms. The zero-order valence-corrected chi connectivity index (χ0v) is 14.1. The molecule has 9 nitrogen and oxygen atoms in total. The van der Waals surface area contributed by atoms with E-state index in [4.69, 9.17) is 25.2 Å². The number of benzene rings is 1. The summed E-state index contributed by atoms with van der Waals surface area (Å²) in [5.74, 6) is -3.54. The first kappa shape index (κ1) is 19.7. The number of nitrogens with zero attached hydrogens (tertiary/aromatic N) is 1. The van der Waals surface area contributed by atoms with Crippen LogP contribution >= 0.6 is 0 Å². The molecule has 0 amide bonds. The number of aliphatic hydroxyl groups is 2. The zero-order chi connectivity index (χ0) is 19.1. The molecule has 1 aliphatic heterocycles. The van der Waals surface area contributed by atoms with Crippen LogP contribution in [0.2, 0.25) is 0 Å². The van der Waals surface area contributed by atoms with Gasteiger partial charge in [0.2, 0.25) is 0 Å². The molecule has 0 saturated carbocycles. The third-order valence-corrected chi connectivity index (χ3v) is 4.03. The van der Waals surface area contributed by atoms with Gasteiger partial charge in [-0.15, -0.1) is 0 Å². The van der Waals surface area contributed by atoms with Crippen LogP contribution in [0.1, 0.15) is 24.0 Å². The molecule has 1 aromatic carbocycles. The molecular weight excluding hydrogens is 344 g/mol. The maximum atomic E-state index is 9.77. The van der Waals surface area contributed by atoms with Crippen molar-refractivity contribution in [3.63, 3.8) is 0 Å². The van der Waals surface area contributed by atoms with Crippen molar-refractivity contribution >= 4 is 23.6 Å². The molecule has 0 bridgehead atoms. The lowest BCUT2D eigenvalue weighted by Crippen LogP contribution is -2.39. The molecule has 0 unspecified atom stereocenters. The third-order valence-electron chi connectivity index (χ3n) is 4.03. The Hall–Kier alpha value is -2.65. The van der Waals surface area contributed by atoms with Crippen LogP contribution in [0.15, 0.2) is 23.2 Å². The Morgan fingerprint density at radius 3 is 2.31 bits per heavy atom. The number of amidine groups is 1. The molecule has 0 fully saturated rings. The van der Waals surface area contributed by atoms with E-state index in [0.717, 1.165) is 6.54 Å². The van der Waals surface area contributed by atoms with E-state index >= 15 is 0 Å². The summed E-state index contributed by atoms with van der Waals surface area (Å²) in [6.07, 6.45) is 0.451. The number of hydrogen-bond acceptors (Lipinski definition) is 7. The average Bonchev–Trinajstić information content (AvgIpc) is 3.14. The van der Waals surface area contributed by atoms with E-state index in [1.165, 1.54) is 42.5 Å². The Morgan fingerprint density at radius 1 is 1.08 bits per heavy atom. The van der Waals surface area contributed by atoms with Gasteiger partial charge in [0.05, 0.1) is 6.54 Å². The second kappa shape index (κ2) is 9.16. The van der Waals surface area contributed by atoms with E-state index < -0.39 is 24.1 Å². The fourth-order valence-corrected chi connectivity index (χ4v) is 2.69. The van der Waals surface area contributed by atoms with Crippen molar-refractivity contribution in [1.29, 1.82) is 0 Å². The van der Waals surface area contributed by atoms with Gasteiger partial charge in [-0.1, -0.05) is 12.1 Å². The van der Waals surface area contributed by atoms with E-state index in [-0.39, 0.29) is 0 Å². The maximum Gasteiger partial charge on any atom is 0.335 e. The van der Waals surface area contributed by atoms with Gasteiger partial charge in [-0.05, 0) is 42.9 Å². The Morgan fingerprint density at radius 2 is 1.73 bits per heavy atom. The minimum atomic E-state index is -2.27. The van der Waals surface area contributed by atoms with Crippen LogP contribution in [0, 0.1) is 0 Å². The Bertz CT molecular complexity index is 672. The quantitative estimate of drug-likeness (QED) is 0.509. The second-order valence-corrected chi connectivity index (χ2v) is 5.88. The number of aliphatic imine (C=N–C) groups is 1. The fraction of sp³-hybridized carbons (Fsp3) is 0.471. The highest BCUT2D eigenvalue weighted by Crippen LogP contribution is 2.28. The first-order chi connectivity index (χ1) is 12.4. The van der Waals surface area contributed by atoms with Gasteiger partial charge < -0.3 is 30.5 Å². The fourth-order valence-electron chi connectivity index (χ4n) is 2.69. The molecule has 2 aliphatic rings. The van der Waals surface area contributed by atoms with Crippen molar-refractivity contribution in [3.8, 4) is 0 Å². The Balaban J connectivity index is 0.000000213. The topological polar surface area (TPSA) is 149 Å². The number of rotatable bonds is 4. The molecule has 142 valence electrons. The van der Waals surface area contributed by atoms with E-state index in [9.17, 15) is 9.59 Å². The minimum Gasteiger partial charge on any atom is -0.479 e. The summed E-state index contributed by atoms with van der Waals surface area (Å²) < 4.78 is 5.39. The summed E-state index contributed by atoms with van der Waals surface area (Å²) in [6.45, 7) is 1.48. The van der Waals surface area contributed by atoms with Crippen molar-refractivity contribution < 1.29 is 34.8 Å². The number of carboxylic acids is 2. The van der Waals surface area contributed by atoms with Crippen LogP contribution in [0.5, 0.6) is 0 Å². The molecule has 1 aliphatic carbocycles. The van der Waals surface area contributed by atoms with Crippen molar-refractivity contribution in [1.82, 2.24) is 0 Å². The van der Waals surface area contributed by atoms with Crippen molar-refractivity contribution in [2.75, 3.05) is 18.5 Å². The van der Waals surface area contributed by atoms with Crippen LogP contribution in [-0.2, 0) is 27.2 Å². The molecule has 2 atom stereocenters. The maximum absolute atomic E-state index is 9.77. The Labute approximate surface area is 149 Å². The van der Waals surface area contributed by atoms with Gasteiger partial charge in [0.15, 0.2) is 12.2 Å². The predicted octanol–water partition coefficient (Wildman–Crippen LogP) is 0.241. The SMILES string of the molecule is O=C(O)[C@H](O)[C@@H](O)C(=O)O.c1cc2c(c(NC3=NCCO3)c1)CCCC2. The molecule has 3 rings (SSSR count). The molecule has 1 heterocycles. The van der Waals surface area contributed by atoms with E-state index in [1.807, 2.05) is 0 Å². The number of aliphatic hydroxyl groups excluding tert-OH is 2. The van der Waals surface area contributed by atoms with E-state index in [1.54, 1.807) is 0 Å². The Kier molecular flexibility index (Phi) is 6.93. The number of aliphatic carboxylic acids is 2. The highest BCUT2D eigenvalue weighted by Gasteiger charge is 2.29. The third kappa shape index (κ3) is 5.17. The normalized spacial score (nSPS) is 17.5. The summed E-state index contributed by atoms with van der Waals surface area (Å²) >= 11 is 0. The largest absolute Gasteiger partial charge is 0.479 e. The summed E-state index contributed by atoms with van der Waals surface area (Å²) in [6, 6.07) is 7.15. The van der Waals surface area contributed by atoms with Crippen molar-refractivity contribution in [3.05, 3.63) is 29.3 Å². The standard InChI is InChI=1S/C13H16N2O.C4H6O6/c1-2-6-11-10(4-1)5-3-7-12(11)15-13-14-8-9-16-13;5-1(3(7)8)2(6)4(9)10/h3,5,7H,1-2,4,6,8-9H2,(H,14,15);1-2,5-6H,(H,7,8)(H,9,10)/t;1-,2-/m.1/s1. The minimum absolute atomic E-state index is 0.680. The molecular formula is C17H22N2O7. The van der Waals surface area contributed by atoms with Gasteiger partial charge in [0, 0.05) is 5.69 Å². The molecule has 0 aromatic heterocycles. The summed E-state index contributed by atoms with van der Waals surface area (Å²) in [5.41, 5.74) is 4.11. The summed E-state index contributed by atoms with van der Waals surface area (Å²) in [4.78, 5) is 23.8. The van der Waals surface area contributed by atoms with Crippen LogP contribution in [-0.4, -0.2) is 63.7 Å². The number of anilines is 1. The summed E-state index contributed by atoms with van der Waals surface area (Å²) in [5, 5.41) is 35.8. The predicted molar refractivity (Wildman–Crippen MR) is 92.2 cm³/mol. The van der Waals surface area contributed by atoms with Gasteiger partial charge in [-0.25, -0.2) is 14.6 Å². The average molecular weight is 366 g/mol. The summed E-state index contributed by atoms with van der Waals surface area (Å²) in [7, 11) is 0. The number of ether oxygens (including phenoxy) is 1. The highest BCUT2D eigenvalue weighted by atomic mass is 16.5. The number of nitrogens with one attached hydrogen (secondary N) is 1. The smallest absolute Gasteiger partial charge is 0.335 e. The number of aryl methyl sites for hydroxylation is 1. The lowest BCUT2D eigenvalue weighted by atomic mass is 9.90. The molecule has 5 N–H and O–H groups in total.